The van der Waals surface area contributed by atoms with Crippen molar-refractivity contribution in [2.24, 2.45) is 0 Å². The molecule has 185 valence electrons. The maximum Gasteiger partial charge on any atom is 0.230 e. The van der Waals surface area contributed by atoms with E-state index in [9.17, 15) is 0 Å². The molecule has 0 bridgehead atoms. The lowest BCUT2D eigenvalue weighted by atomic mass is 9.84. The monoisotopic (exact) mass is 727 g/mol. The van der Waals surface area contributed by atoms with Crippen LogP contribution >= 0.6 is 58.3 Å². The topological polar surface area (TPSA) is 6.48 Å². The molecule has 8 heteroatoms. The summed E-state index contributed by atoms with van der Waals surface area (Å²) >= 11 is 4.77. The van der Waals surface area contributed by atoms with Crippen molar-refractivity contribution < 1.29 is 0 Å². The van der Waals surface area contributed by atoms with Crippen LogP contribution in [0.15, 0.2) is 36.7 Å². The Hall–Kier alpha value is 0.230. The predicted octanol–water partition coefficient (Wildman–Crippen LogP) is 8.79. The summed E-state index contributed by atoms with van der Waals surface area (Å²) in [5.74, 6) is 0. The van der Waals surface area contributed by atoms with Crippen LogP contribution in [-0.2, 0) is 10.8 Å². The summed E-state index contributed by atoms with van der Waals surface area (Å²) in [6.45, 7) is 19.2. The number of benzene rings is 2. The van der Waals surface area contributed by atoms with Gasteiger partial charge in [-0.05, 0) is 84.2 Å². The number of hydrogen-bond acceptors (Lipinski definition) is 2. The Morgan fingerprint density at radius 3 is 1.63 bits per heavy atom. The molecule has 35 heavy (non-hydrogen) atoms. The molecule has 0 aliphatic carbocycles. The summed E-state index contributed by atoms with van der Waals surface area (Å²) in [6.07, 6.45) is 6.70. The standard InChI is InChI=1S/C27H37B2I2N2P2/c1-18-11-22(26(5,6)15-34-29-30)12-19(2)24(18)32-9-10-33(17-32)25-20(3)13-23(14-21(25)4)27(7,8)16-35(28)31/h9-14,34H,15-17H2,1-8H3. The minimum atomic E-state index is -0.459. The van der Waals surface area contributed by atoms with Crippen LogP contribution in [0.5, 0.6) is 0 Å². The normalized spacial score (nSPS) is 15.5. The summed E-state index contributed by atoms with van der Waals surface area (Å²) in [5.41, 5.74) is 10.6. The molecule has 1 aliphatic rings. The van der Waals surface area contributed by atoms with Crippen molar-refractivity contribution in [3.63, 3.8) is 0 Å². The van der Waals surface area contributed by atoms with Gasteiger partial charge in [-0.1, -0.05) is 79.4 Å². The van der Waals surface area contributed by atoms with E-state index < -0.39 is 5.44 Å². The van der Waals surface area contributed by atoms with Crippen molar-refractivity contribution in [3.05, 3.63) is 70.0 Å². The van der Waals surface area contributed by atoms with Crippen molar-refractivity contribution >= 4 is 82.1 Å². The van der Waals surface area contributed by atoms with Gasteiger partial charge in [-0.2, -0.15) is 22.4 Å². The molecular formula is C27H37B2I2N2P2. The first-order chi connectivity index (χ1) is 16.3. The van der Waals surface area contributed by atoms with Crippen molar-refractivity contribution in [2.45, 2.75) is 66.2 Å². The molecular weight excluding hydrogens is 690 g/mol. The molecule has 2 aromatic rings. The van der Waals surface area contributed by atoms with Crippen LogP contribution in [0.1, 0.15) is 61.1 Å². The molecule has 1 aliphatic heterocycles. The van der Waals surface area contributed by atoms with Gasteiger partial charge in [0.1, 0.15) is 7.57 Å². The van der Waals surface area contributed by atoms with Crippen molar-refractivity contribution in [3.8, 4) is 0 Å². The number of halogens is 2. The number of anilines is 2. The number of hydrogen-bond donors (Lipinski definition) is 0. The number of nitrogens with zero attached hydrogens (tertiary/aromatic N) is 2. The summed E-state index contributed by atoms with van der Waals surface area (Å²) in [4.78, 5) is 7.06. The smallest absolute Gasteiger partial charge is 0.230 e. The lowest BCUT2D eigenvalue weighted by Crippen LogP contribution is -2.28. The van der Waals surface area contributed by atoms with Gasteiger partial charge >= 0.3 is 0 Å². The van der Waals surface area contributed by atoms with Gasteiger partial charge in [0.15, 0.2) is 0 Å². The molecule has 2 nitrogen and oxygen atoms in total. The van der Waals surface area contributed by atoms with Crippen molar-refractivity contribution in [1.82, 2.24) is 0 Å². The van der Waals surface area contributed by atoms with E-state index in [0.717, 1.165) is 21.3 Å². The second kappa shape index (κ2) is 12.0. The third-order valence-electron chi connectivity index (χ3n) is 7.02. The largest absolute Gasteiger partial charge is 0.328 e. The van der Waals surface area contributed by atoms with Gasteiger partial charge in [0.25, 0.3) is 0 Å². The van der Waals surface area contributed by atoms with Gasteiger partial charge in [0.05, 0.1) is 6.67 Å². The summed E-state index contributed by atoms with van der Waals surface area (Å²) in [7, 11) is 7.09. The summed E-state index contributed by atoms with van der Waals surface area (Å²) in [5, 5.41) is 0. The molecule has 0 N–H and O–H groups in total. The molecule has 0 fully saturated rings. The number of aryl methyl sites for hydroxylation is 4. The Balaban J connectivity index is 1.86. The third-order valence-corrected chi connectivity index (χ3v) is 11.7. The third kappa shape index (κ3) is 7.01. The van der Waals surface area contributed by atoms with Gasteiger partial charge in [0, 0.05) is 23.8 Å². The van der Waals surface area contributed by atoms with E-state index in [4.69, 9.17) is 7.57 Å². The molecule has 3 radical (unpaired) electrons. The Kier molecular flexibility index (Phi) is 10.2. The first kappa shape index (κ1) is 29.8. The highest BCUT2D eigenvalue weighted by atomic mass is 127. The first-order valence-corrected chi connectivity index (χ1v) is 19.0. The van der Waals surface area contributed by atoms with Crippen LogP contribution < -0.4 is 9.80 Å². The molecule has 2 atom stereocenters. The molecule has 3 rings (SSSR count). The van der Waals surface area contributed by atoms with Crippen LogP contribution in [0.2, 0.25) is 0 Å². The van der Waals surface area contributed by atoms with E-state index in [0.29, 0.717) is 0 Å². The maximum absolute atomic E-state index is 6.20. The van der Waals surface area contributed by atoms with E-state index in [1.165, 1.54) is 50.9 Å². The Labute approximate surface area is 245 Å². The zero-order chi connectivity index (χ0) is 26.1. The quantitative estimate of drug-likeness (QED) is 0.145. The molecule has 0 saturated heterocycles. The van der Waals surface area contributed by atoms with Gasteiger partial charge in [-0.25, -0.2) is 0 Å². The second-order valence-corrected chi connectivity index (χ2v) is 18.8. The second-order valence-electron chi connectivity index (χ2n) is 11.1. The van der Waals surface area contributed by atoms with Gasteiger partial charge < -0.3 is 9.80 Å². The fourth-order valence-electron chi connectivity index (χ4n) is 5.17. The molecule has 1 heterocycles. The van der Waals surface area contributed by atoms with Crippen LogP contribution in [0.25, 0.3) is 0 Å². The van der Waals surface area contributed by atoms with E-state index in [1.54, 1.807) is 0 Å². The van der Waals surface area contributed by atoms with E-state index in [1.807, 2.05) is 0 Å². The minimum absolute atomic E-state index is 0.0849. The predicted molar refractivity (Wildman–Crippen MR) is 181 cm³/mol. The highest BCUT2D eigenvalue weighted by Gasteiger charge is 2.27. The lowest BCUT2D eigenvalue weighted by Gasteiger charge is -2.31. The summed E-state index contributed by atoms with van der Waals surface area (Å²) in [6, 6.07) is 9.55. The Morgan fingerprint density at radius 2 is 1.26 bits per heavy atom. The van der Waals surface area contributed by atoms with Crippen LogP contribution in [0.3, 0.4) is 0 Å². The molecule has 0 aromatic heterocycles. The van der Waals surface area contributed by atoms with Gasteiger partial charge in [-0.3, -0.25) is 0 Å². The lowest BCUT2D eigenvalue weighted by molar-refractivity contribution is 0.600. The molecule has 0 saturated carbocycles. The van der Waals surface area contributed by atoms with E-state index in [-0.39, 0.29) is 10.8 Å². The van der Waals surface area contributed by atoms with E-state index in [2.05, 4.69) is 151 Å². The van der Waals surface area contributed by atoms with Crippen LogP contribution in [0, 0.1) is 27.7 Å². The van der Waals surface area contributed by atoms with Crippen LogP contribution in [-0.4, -0.2) is 31.4 Å². The van der Waals surface area contributed by atoms with Crippen molar-refractivity contribution in [2.75, 3.05) is 28.8 Å². The molecule has 2 unspecified atom stereocenters. The van der Waals surface area contributed by atoms with Gasteiger partial charge in [0.2, 0.25) is 4.86 Å². The van der Waals surface area contributed by atoms with Gasteiger partial charge in [-0.15, -0.1) is 8.46 Å². The number of rotatable bonds is 9. The zero-order valence-electron chi connectivity index (χ0n) is 22.3. The SMILES string of the molecule is [B]P(I)CC(C)(C)c1cc(C)c(N2C=CN(c3c(C)cc(C(C)(C)CP[B]I)cc3C)C2)c(C)c1. The minimum Gasteiger partial charge on any atom is -0.328 e. The fraction of sp³-hybridized carbons (Fsp3) is 0.481. The highest BCUT2D eigenvalue weighted by Crippen LogP contribution is 2.46. The first-order valence-electron chi connectivity index (χ1n) is 12.0. The molecule has 0 amide bonds. The fourth-order valence-corrected chi connectivity index (χ4v) is 10.1. The average molecular weight is 727 g/mol. The van der Waals surface area contributed by atoms with Crippen molar-refractivity contribution in [1.29, 1.82) is 0 Å². The Bertz CT molecular complexity index is 1060. The summed E-state index contributed by atoms with van der Waals surface area (Å²) < 4.78 is 0. The average Bonchev–Trinajstić information content (AvgIpc) is 3.19. The van der Waals surface area contributed by atoms with Crippen LogP contribution in [0.4, 0.5) is 11.4 Å². The highest BCUT2D eigenvalue weighted by molar-refractivity contribution is 14.2. The molecule has 0 spiro atoms. The molecule has 2 aromatic carbocycles. The zero-order valence-corrected chi connectivity index (χ0v) is 28.5. The maximum atomic E-state index is 6.20. The van der Waals surface area contributed by atoms with E-state index >= 15 is 0 Å². The Morgan fingerprint density at radius 1 is 0.857 bits per heavy atom.